The second-order valence-corrected chi connectivity index (χ2v) is 6.35. The third-order valence-electron chi connectivity index (χ3n) is 3.73. The van der Waals surface area contributed by atoms with E-state index in [-0.39, 0.29) is 24.8 Å². The van der Waals surface area contributed by atoms with Gasteiger partial charge in [-0.25, -0.2) is 0 Å². The van der Waals surface area contributed by atoms with Crippen LogP contribution in [0.2, 0.25) is 0 Å². The van der Waals surface area contributed by atoms with Crippen molar-refractivity contribution in [3.8, 4) is 0 Å². The van der Waals surface area contributed by atoms with Crippen LogP contribution in [0.5, 0.6) is 0 Å². The van der Waals surface area contributed by atoms with Crippen molar-refractivity contribution in [1.82, 2.24) is 10.6 Å². The number of hydrogen-bond donors (Lipinski definition) is 3. The molecule has 20 heavy (non-hydrogen) atoms. The highest BCUT2D eigenvalue weighted by molar-refractivity contribution is 5.91. The standard InChI is InChI=1S/C14H24N2O4/c1-8(2)7-16-9(17)5-6-15-12(18)10-11(13(19)20)14(10,3)4/h8,10-11H,5-7H2,1-4H3,(H,15,18)(H,16,17)(H,19,20)/t10-,11+/m1/s1. The molecule has 1 fully saturated rings. The summed E-state index contributed by atoms with van der Waals surface area (Å²) in [4.78, 5) is 34.3. The van der Waals surface area contributed by atoms with Crippen LogP contribution >= 0.6 is 0 Å². The molecule has 0 bridgehead atoms. The number of carboxylic acid groups (broad SMARTS) is 1. The normalized spacial score (nSPS) is 23.2. The van der Waals surface area contributed by atoms with E-state index < -0.39 is 23.2 Å². The van der Waals surface area contributed by atoms with Crippen molar-refractivity contribution in [3.05, 3.63) is 0 Å². The fourth-order valence-electron chi connectivity index (χ4n) is 2.40. The molecule has 0 saturated heterocycles. The first-order valence-corrected chi connectivity index (χ1v) is 6.95. The summed E-state index contributed by atoms with van der Waals surface area (Å²) in [5.74, 6) is -2.07. The van der Waals surface area contributed by atoms with E-state index in [4.69, 9.17) is 5.11 Å². The summed E-state index contributed by atoms with van der Waals surface area (Å²) in [6, 6.07) is 0. The molecule has 1 aliphatic rings. The fourth-order valence-corrected chi connectivity index (χ4v) is 2.40. The zero-order valence-corrected chi connectivity index (χ0v) is 12.5. The molecule has 0 aromatic rings. The molecular formula is C14H24N2O4. The van der Waals surface area contributed by atoms with Crippen LogP contribution < -0.4 is 10.6 Å². The van der Waals surface area contributed by atoms with Crippen LogP contribution in [0.4, 0.5) is 0 Å². The van der Waals surface area contributed by atoms with Gasteiger partial charge in [-0.05, 0) is 11.3 Å². The largest absolute Gasteiger partial charge is 0.481 e. The lowest BCUT2D eigenvalue weighted by molar-refractivity contribution is -0.140. The Balaban J connectivity index is 2.28. The van der Waals surface area contributed by atoms with E-state index in [1.165, 1.54) is 0 Å². The van der Waals surface area contributed by atoms with E-state index in [2.05, 4.69) is 10.6 Å². The summed E-state index contributed by atoms with van der Waals surface area (Å²) in [6.07, 6.45) is 0.212. The Kier molecular flexibility index (Phi) is 5.14. The van der Waals surface area contributed by atoms with Gasteiger partial charge in [-0.3, -0.25) is 14.4 Å². The molecule has 0 unspecified atom stereocenters. The van der Waals surface area contributed by atoms with Gasteiger partial charge in [0, 0.05) is 19.5 Å². The highest BCUT2D eigenvalue weighted by Gasteiger charge is 2.65. The predicted molar refractivity (Wildman–Crippen MR) is 73.9 cm³/mol. The number of amides is 2. The predicted octanol–water partition coefficient (Wildman–Crippen LogP) is 0.622. The van der Waals surface area contributed by atoms with Gasteiger partial charge in [-0.1, -0.05) is 27.7 Å². The smallest absolute Gasteiger partial charge is 0.307 e. The Morgan fingerprint density at radius 2 is 1.75 bits per heavy atom. The summed E-state index contributed by atoms with van der Waals surface area (Å²) < 4.78 is 0. The molecule has 6 heteroatoms. The van der Waals surface area contributed by atoms with Crippen molar-refractivity contribution in [2.24, 2.45) is 23.2 Å². The lowest BCUT2D eigenvalue weighted by atomic mass is 10.1. The van der Waals surface area contributed by atoms with E-state index >= 15 is 0 Å². The summed E-state index contributed by atoms with van der Waals surface area (Å²) in [7, 11) is 0. The monoisotopic (exact) mass is 284 g/mol. The van der Waals surface area contributed by atoms with Gasteiger partial charge in [0.25, 0.3) is 0 Å². The van der Waals surface area contributed by atoms with Crippen molar-refractivity contribution in [3.63, 3.8) is 0 Å². The van der Waals surface area contributed by atoms with E-state index in [9.17, 15) is 14.4 Å². The van der Waals surface area contributed by atoms with E-state index in [1.807, 2.05) is 13.8 Å². The molecular weight excluding hydrogens is 260 g/mol. The minimum absolute atomic E-state index is 0.108. The second-order valence-electron chi connectivity index (χ2n) is 6.35. The van der Waals surface area contributed by atoms with Gasteiger partial charge in [-0.15, -0.1) is 0 Å². The summed E-state index contributed by atoms with van der Waals surface area (Å²) in [5.41, 5.74) is -0.504. The highest BCUT2D eigenvalue weighted by Crippen LogP contribution is 2.58. The van der Waals surface area contributed by atoms with Crippen LogP contribution in [0.15, 0.2) is 0 Å². The Bertz CT molecular complexity index is 404. The van der Waals surface area contributed by atoms with E-state index in [1.54, 1.807) is 13.8 Å². The van der Waals surface area contributed by atoms with E-state index in [0.717, 1.165) is 0 Å². The molecule has 3 N–H and O–H groups in total. The molecule has 0 spiro atoms. The minimum atomic E-state index is -0.940. The number of aliphatic carboxylic acids is 1. The molecule has 1 saturated carbocycles. The Labute approximate surface area is 119 Å². The molecule has 0 heterocycles. The Hall–Kier alpha value is -1.59. The first kappa shape index (κ1) is 16.5. The van der Waals surface area contributed by atoms with Crippen molar-refractivity contribution in [2.75, 3.05) is 13.1 Å². The third kappa shape index (κ3) is 3.95. The maximum atomic E-state index is 11.9. The fraction of sp³-hybridized carbons (Fsp3) is 0.786. The van der Waals surface area contributed by atoms with Crippen LogP contribution in [0.1, 0.15) is 34.1 Å². The average Bonchev–Trinajstić information content (AvgIpc) is 2.90. The molecule has 6 nitrogen and oxygen atoms in total. The Morgan fingerprint density at radius 3 is 2.20 bits per heavy atom. The molecule has 1 rings (SSSR count). The topological polar surface area (TPSA) is 95.5 Å². The summed E-state index contributed by atoms with van der Waals surface area (Å²) in [5, 5.41) is 14.4. The highest BCUT2D eigenvalue weighted by atomic mass is 16.4. The maximum Gasteiger partial charge on any atom is 0.307 e. The number of carbonyl (C=O) groups excluding carboxylic acids is 2. The number of carbonyl (C=O) groups is 3. The second kappa shape index (κ2) is 6.24. The minimum Gasteiger partial charge on any atom is -0.481 e. The SMILES string of the molecule is CC(C)CNC(=O)CCNC(=O)[C@H]1[C@@H](C(=O)O)C1(C)C. The van der Waals surface area contributed by atoms with Crippen molar-refractivity contribution in [1.29, 1.82) is 0 Å². The Morgan fingerprint density at radius 1 is 1.15 bits per heavy atom. The quantitative estimate of drug-likeness (QED) is 0.638. The first-order chi connectivity index (χ1) is 9.17. The average molecular weight is 284 g/mol. The number of nitrogens with one attached hydrogen (secondary N) is 2. The lowest BCUT2D eigenvalue weighted by Gasteiger charge is -2.08. The van der Waals surface area contributed by atoms with Gasteiger partial charge in [0.2, 0.25) is 11.8 Å². The third-order valence-corrected chi connectivity index (χ3v) is 3.73. The molecule has 114 valence electrons. The number of carboxylic acids is 1. The maximum absolute atomic E-state index is 11.9. The zero-order chi connectivity index (χ0) is 15.5. The molecule has 2 atom stereocenters. The van der Waals surface area contributed by atoms with Crippen LogP contribution in [0, 0.1) is 23.2 Å². The number of hydrogen-bond acceptors (Lipinski definition) is 3. The number of rotatable bonds is 7. The van der Waals surface area contributed by atoms with Gasteiger partial charge in [-0.2, -0.15) is 0 Å². The molecule has 0 aliphatic heterocycles. The van der Waals surface area contributed by atoms with Crippen molar-refractivity contribution < 1.29 is 19.5 Å². The van der Waals surface area contributed by atoms with Crippen molar-refractivity contribution in [2.45, 2.75) is 34.1 Å². The van der Waals surface area contributed by atoms with Gasteiger partial charge >= 0.3 is 5.97 Å². The van der Waals surface area contributed by atoms with Crippen LogP contribution in [-0.2, 0) is 14.4 Å². The molecule has 0 radical (unpaired) electrons. The van der Waals surface area contributed by atoms with E-state index in [0.29, 0.717) is 12.5 Å². The van der Waals surface area contributed by atoms with Gasteiger partial charge in [0.1, 0.15) is 0 Å². The summed E-state index contributed by atoms with van der Waals surface area (Å²) in [6.45, 7) is 8.40. The van der Waals surface area contributed by atoms with Gasteiger partial charge in [0.15, 0.2) is 0 Å². The molecule has 0 aromatic heterocycles. The van der Waals surface area contributed by atoms with Crippen LogP contribution in [-0.4, -0.2) is 36.0 Å². The molecule has 1 aliphatic carbocycles. The van der Waals surface area contributed by atoms with Gasteiger partial charge in [0.05, 0.1) is 11.8 Å². The van der Waals surface area contributed by atoms with Crippen LogP contribution in [0.3, 0.4) is 0 Å². The van der Waals surface area contributed by atoms with Crippen molar-refractivity contribution >= 4 is 17.8 Å². The molecule has 2 amide bonds. The van der Waals surface area contributed by atoms with Crippen LogP contribution in [0.25, 0.3) is 0 Å². The summed E-state index contributed by atoms with van der Waals surface area (Å²) >= 11 is 0. The first-order valence-electron chi connectivity index (χ1n) is 6.95. The zero-order valence-electron chi connectivity index (χ0n) is 12.5. The molecule has 0 aromatic carbocycles. The van der Waals surface area contributed by atoms with Gasteiger partial charge < -0.3 is 15.7 Å². The lowest BCUT2D eigenvalue weighted by Crippen LogP contribution is -2.33.